The number of rotatable bonds is 7. The Kier molecular flexibility index (Phi) is 6.47. The van der Waals surface area contributed by atoms with Gasteiger partial charge >= 0.3 is 0 Å². The summed E-state index contributed by atoms with van der Waals surface area (Å²) in [7, 11) is 0. The molecule has 1 unspecified atom stereocenters. The second-order valence-corrected chi connectivity index (χ2v) is 6.94. The van der Waals surface area contributed by atoms with Crippen LogP contribution in [0.25, 0.3) is 0 Å². The molecule has 0 spiro atoms. The molecule has 22 heavy (non-hydrogen) atoms. The van der Waals surface area contributed by atoms with Gasteiger partial charge in [-0.2, -0.15) is 4.98 Å². The predicted octanol–water partition coefficient (Wildman–Crippen LogP) is 4.77. The smallest absolute Gasteiger partial charge is 0.218 e. The van der Waals surface area contributed by atoms with Crippen molar-refractivity contribution in [3.05, 3.63) is 11.9 Å². The maximum Gasteiger partial charge on any atom is 0.218 e. The molecule has 2 rings (SSSR count). The van der Waals surface area contributed by atoms with Gasteiger partial charge in [-0.1, -0.05) is 40.0 Å². The fourth-order valence-corrected chi connectivity index (χ4v) is 2.74. The Morgan fingerprint density at radius 2 is 1.91 bits per heavy atom. The van der Waals surface area contributed by atoms with Crippen LogP contribution in [0.4, 0.5) is 5.82 Å². The van der Waals surface area contributed by atoms with Gasteiger partial charge in [-0.15, -0.1) is 0 Å². The van der Waals surface area contributed by atoms with Gasteiger partial charge in [0.25, 0.3) is 0 Å². The minimum atomic E-state index is 0.409. The molecule has 1 N–H and O–H groups in total. The van der Waals surface area contributed by atoms with Gasteiger partial charge in [0.2, 0.25) is 5.88 Å². The van der Waals surface area contributed by atoms with Gasteiger partial charge in [0.05, 0.1) is 6.61 Å². The Bertz CT molecular complexity index is 456. The standard InChI is InChI=1S/C18H31N3O/c1-5-14(4)19-16-11-17(22-12-13(2)3)21-18(20-16)15-9-7-6-8-10-15/h11,13-15H,5-10,12H2,1-4H3,(H,19,20,21). The second kappa shape index (κ2) is 8.35. The summed E-state index contributed by atoms with van der Waals surface area (Å²) in [6.45, 7) is 9.36. The lowest BCUT2D eigenvalue weighted by molar-refractivity contribution is 0.259. The van der Waals surface area contributed by atoms with E-state index in [1.807, 2.05) is 6.07 Å². The lowest BCUT2D eigenvalue weighted by Crippen LogP contribution is -2.17. The molecule has 0 aliphatic heterocycles. The van der Waals surface area contributed by atoms with Gasteiger partial charge in [0.15, 0.2) is 0 Å². The fourth-order valence-electron chi connectivity index (χ4n) is 2.74. The zero-order valence-corrected chi connectivity index (χ0v) is 14.6. The SMILES string of the molecule is CCC(C)Nc1cc(OCC(C)C)nc(C2CCCCC2)n1. The van der Waals surface area contributed by atoms with Gasteiger partial charge < -0.3 is 10.1 Å². The van der Waals surface area contributed by atoms with Crippen LogP contribution in [0.1, 0.15) is 78.0 Å². The number of hydrogen-bond acceptors (Lipinski definition) is 4. The molecule has 1 saturated carbocycles. The summed E-state index contributed by atoms with van der Waals surface area (Å²) in [6.07, 6.45) is 7.41. The van der Waals surface area contributed by atoms with Crippen molar-refractivity contribution < 1.29 is 4.74 Å². The summed E-state index contributed by atoms with van der Waals surface area (Å²) >= 11 is 0. The van der Waals surface area contributed by atoms with Crippen molar-refractivity contribution >= 4 is 5.82 Å². The van der Waals surface area contributed by atoms with Crippen molar-refractivity contribution in [3.8, 4) is 5.88 Å². The Morgan fingerprint density at radius 3 is 2.55 bits per heavy atom. The van der Waals surface area contributed by atoms with Crippen LogP contribution in [0.15, 0.2) is 6.07 Å². The van der Waals surface area contributed by atoms with E-state index in [0.717, 1.165) is 23.9 Å². The topological polar surface area (TPSA) is 47.0 Å². The van der Waals surface area contributed by atoms with E-state index in [1.54, 1.807) is 0 Å². The minimum Gasteiger partial charge on any atom is -0.477 e. The summed E-state index contributed by atoms with van der Waals surface area (Å²) in [5, 5.41) is 3.47. The first kappa shape index (κ1) is 17.0. The third-order valence-corrected chi connectivity index (χ3v) is 4.26. The van der Waals surface area contributed by atoms with E-state index >= 15 is 0 Å². The molecule has 1 atom stereocenters. The lowest BCUT2D eigenvalue weighted by atomic mass is 9.89. The Balaban J connectivity index is 2.18. The molecule has 1 fully saturated rings. The zero-order chi connectivity index (χ0) is 15.9. The molecule has 1 aromatic heterocycles. The van der Waals surface area contributed by atoms with Crippen LogP contribution in [-0.4, -0.2) is 22.6 Å². The highest BCUT2D eigenvalue weighted by atomic mass is 16.5. The van der Waals surface area contributed by atoms with Gasteiger partial charge in [-0.05, 0) is 32.1 Å². The Morgan fingerprint density at radius 1 is 1.18 bits per heavy atom. The minimum absolute atomic E-state index is 0.409. The van der Waals surface area contributed by atoms with E-state index in [4.69, 9.17) is 9.72 Å². The Labute approximate surface area is 135 Å². The van der Waals surface area contributed by atoms with Crippen LogP contribution < -0.4 is 10.1 Å². The quantitative estimate of drug-likeness (QED) is 0.788. The highest BCUT2D eigenvalue weighted by Crippen LogP contribution is 2.32. The van der Waals surface area contributed by atoms with Gasteiger partial charge in [0.1, 0.15) is 11.6 Å². The summed E-state index contributed by atoms with van der Waals surface area (Å²) in [5.41, 5.74) is 0. The van der Waals surface area contributed by atoms with Crippen LogP contribution in [0.3, 0.4) is 0 Å². The van der Waals surface area contributed by atoms with Crippen molar-refractivity contribution in [2.24, 2.45) is 5.92 Å². The molecule has 1 heterocycles. The molecule has 0 amide bonds. The van der Waals surface area contributed by atoms with Crippen LogP contribution in [0.2, 0.25) is 0 Å². The fraction of sp³-hybridized carbons (Fsp3) is 0.778. The molecule has 4 nitrogen and oxygen atoms in total. The molecule has 1 aromatic rings. The number of hydrogen-bond donors (Lipinski definition) is 1. The first-order valence-electron chi connectivity index (χ1n) is 8.86. The van der Waals surface area contributed by atoms with Gasteiger partial charge in [-0.3, -0.25) is 0 Å². The number of nitrogens with one attached hydrogen (secondary N) is 1. The van der Waals surface area contributed by atoms with E-state index in [-0.39, 0.29) is 0 Å². The molecule has 0 aromatic carbocycles. The van der Waals surface area contributed by atoms with Crippen molar-refractivity contribution in [2.45, 2.75) is 78.2 Å². The molecule has 0 bridgehead atoms. The van der Waals surface area contributed by atoms with Gasteiger partial charge in [-0.25, -0.2) is 4.98 Å². The number of ether oxygens (including phenoxy) is 1. The third-order valence-electron chi connectivity index (χ3n) is 4.26. The second-order valence-electron chi connectivity index (χ2n) is 6.94. The summed E-state index contributed by atoms with van der Waals surface area (Å²) < 4.78 is 5.86. The van der Waals surface area contributed by atoms with E-state index in [0.29, 0.717) is 24.5 Å². The van der Waals surface area contributed by atoms with Crippen molar-refractivity contribution in [2.75, 3.05) is 11.9 Å². The normalized spacial score (nSPS) is 17.5. The van der Waals surface area contributed by atoms with Crippen LogP contribution in [-0.2, 0) is 0 Å². The zero-order valence-electron chi connectivity index (χ0n) is 14.6. The number of aromatic nitrogens is 2. The van der Waals surface area contributed by atoms with Crippen LogP contribution in [0.5, 0.6) is 5.88 Å². The lowest BCUT2D eigenvalue weighted by Gasteiger charge is -2.22. The first-order valence-corrected chi connectivity index (χ1v) is 8.86. The Hall–Kier alpha value is -1.32. The molecule has 4 heteroatoms. The van der Waals surface area contributed by atoms with E-state index in [1.165, 1.54) is 32.1 Å². The van der Waals surface area contributed by atoms with E-state index in [9.17, 15) is 0 Å². The van der Waals surface area contributed by atoms with Crippen molar-refractivity contribution in [1.29, 1.82) is 0 Å². The molecule has 1 aliphatic carbocycles. The highest BCUT2D eigenvalue weighted by Gasteiger charge is 2.20. The summed E-state index contributed by atoms with van der Waals surface area (Å²) in [6, 6.07) is 2.35. The summed E-state index contributed by atoms with van der Waals surface area (Å²) in [5.74, 6) is 3.58. The maximum absolute atomic E-state index is 5.86. The van der Waals surface area contributed by atoms with Crippen molar-refractivity contribution in [3.63, 3.8) is 0 Å². The average molecular weight is 305 g/mol. The number of nitrogens with zero attached hydrogens (tertiary/aromatic N) is 2. The predicted molar refractivity (Wildman–Crippen MR) is 91.6 cm³/mol. The van der Waals surface area contributed by atoms with E-state index in [2.05, 4.69) is 38.0 Å². The molecular weight excluding hydrogens is 274 g/mol. The molecule has 124 valence electrons. The largest absolute Gasteiger partial charge is 0.477 e. The molecule has 1 aliphatic rings. The summed E-state index contributed by atoms with van der Waals surface area (Å²) in [4.78, 5) is 9.46. The average Bonchev–Trinajstić information content (AvgIpc) is 2.53. The van der Waals surface area contributed by atoms with Crippen molar-refractivity contribution in [1.82, 2.24) is 9.97 Å². The van der Waals surface area contributed by atoms with Crippen LogP contribution in [0, 0.1) is 5.92 Å². The van der Waals surface area contributed by atoms with Gasteiger partial charge in [0, 0.05) is 18.0 Å². The molecule has 0 saturated heterocycles. The highest BCUT2D eigenvalue weighted by molar-refractivity contribution is 5.39. The first-order chi connectivity index (χ1) is 10.6. The monoisotopic (exact) mass is 305 g/mol. The maximum atomic E-state index is 5.86. The molecular formula is C18H31N3O. The van der Waals surface area contributed by atoms with E-state index < -0.39 is 0 Å². The van der Waals surface area contributed by atoms with Crippen LogP contribution >= 0.6 is 0 Å². The third kappa shape index (κ3) is 5.15. The molecule has 0 radical (unpaired) electrons. The number of anilines is 1.